The Labute approximate surface area is 82.0 Å². The summed E-state index contributed by atoms with van der Waals surface area (Å²) in [5.41, 5.74) is 0. The predicted molar refractivity (Wildman–Crippen MR) is 39.5 cm³/mol. The molecule has 0 heterocycles. The molecule has 3 nitrogen and oxygen atoms in total. The van der Waals surface area contributed by atoms with Gasteiger partial charge in [0.1, 0.15) is 0 Å². The SMILES string of the molecule is CC(F)(F)C(=O)OC(=O)CF.FCCl. The van der Waals surface area contributed by atoms with Gasteiger partial charge in [-0.3, -0.25) is 0 Å². The lowest BCUT2D eigenvalue weighted by Crippen LogP contribution is -2.29. The Morgan fingerprint density at radius 3 is 1.93 bits per heavy atom. The van der Waals surface area contributed by atoms with E-state index in [9.17, 15) is 27.2 Å². The first-order chi connectivity index (χ1) is 6.29. The van der Waals surface area contributed by atoms with E-state index in [0.29, 0.717) is 0 Å². The van der Waals surface area contributed by atoms with E-state index in [0.717, 1.165) is 0 Å². The second-order valence-electron chi connectivity index (χ2n) is 1.88. The van der Waals surface area contributed by atoms with Crippen LogP contribution >= 0.6 is 11.6 Å². The molecule has 0 N–H and O–H groups in total. The minimum absolute atomic E-state index is 0.251. The molecule has 0 aliphatic rings. The standard InChI is InChI=1S/C5H5F3O3.CH2ClF/c1-5(7,8)4(10)11-3(9)2-6;2-1-3/h2H2,1H3;1H2. The lowest BCUT2D eigenvalue weighted by Gasteiger charge is -2.06. The lowest BCUT2D eigenvalue weighted by molar-refractivity contribution is -0.177. The molecule has 8 heteroatoms. The van der Waals surface area contributed by atoms with E-state index < -0.39 is 30.7 Å². The maximum absolute atomic E-state index is 11.9. The van der Waals surface area contributed by atoms with Crippen LogP contribution in [0.5, 0.6) is 0 Å². The van der Waals surface area contributed by atoms with Crippen LogP contribution in [0, 0.1) is 0 Å². The van der Waals surface area contributed by atoms with Gasteiger partial charge in [0.05, 0.1) is 0 Å². The third-order valence-electron chi connectivity index (χ3n) is 0.674. The van der Waals surface area contributed by atoms with Crippen LogP contribution in [0.4, 0.5) is 17.6 Å². The van der Waals surface area contributed by atoms with E-state index in [-0.39, 0.29) is 6.92 Å². The Bertz CT molecular complexity index is 192. The number of rotatable bonds is 2. The van der Waals surface area contributed by atoms with Crippen molar-refractivity contribution in [1.29, 1.82) is 0 Å². The van der Waals surface area contributed by atoms with Crippen molar-refractivity contribution in [1.82, 2.24) is 0 Å². The van der Waals surface area contributed by atoms with Gasteiger partial charge in [-0.05, 0) is 0 Å². The van der Waals surface area contributed by atoms with Gasteiger partial charge in [-0.2, -0.15) is 8.78 Å². The molecule has 0 saturated heterocycles. The molecule has 0 amide bonds. The Morgan fingerprint density at radius 1 is 1.36 bits per heavy atom. The van der Waals surface area contributed by atoms with Gasteiger partial charge in [-0.25, -0.2) is 18.4 Å². The summed E-state index contributed by atoms with van der Waals surface area (Å²) in [4.78, 5) is 20.0. The van der Waals surface area contributed by atoms with E-state index >= 15 is 0 Å². The number of halogens is 5. The Kier molecular flexibility index (Phi) is 8.41. The van der Waals surface area contributed by atoms with Gasteiger partial charge in [-0.1, -0.05) is 11.6 Å². The van der Waals surface area contributed by atoms with E-state index in [1.165, 1.54) is 0 Å². The molecule has 0 fully saturated rings. The first kappa shape index (κ1) is 15.6. The number of ether oxygens (including phenoxy) is 1. The third kappa shape index (κ3) is 9.24. The van der Waals surface area contributed by atoms with Crippen molar-refractivity contribution in [2.75, 3.05) is 12.8 Å². The van der Waals surface area contributed by atoms with Crippen LogP contribution < -0.4 is 0 Å². The van der Waals surface area contributed by atoms with Crippen LogP contribution in [0.1, 0.15) is 6.92 Å². The van der Waals surface area contributed by atoms with Crippen molar-refractivity contribution in [3.63, 3.8) is 0 Å². The van der Waals surface area contributed by atoms with Crippen molar-refractivity contribution in [3.05, 3.63) is 0 Å². The summed E-state index contributed by atoms with van der Waals surface area (Å²) in [5.74, 6) is -7.41. The summed E-state index contributed by atoms with van der Waals surface area (Å²) in [6, 6.07) is 0. The molecule has 14 heavy (non-hydrogen) atoms. The van der Waals surface area contributed by atoms with Crippen molar-refractivity contribution >= 4 is 23.5 Å². The maximum Gasteiger partial charge on any atom is 0.384 e. The molecule has 0 rings (SSSR count). The summed E-state index contributed by atoms with van der Waals surface area (Å²) >= 11 is 4.33. The largest absolute Gasteiger partial charge is 0.387 e. The molecule has 0 bridgehead atoms. The highest BCUT2D eigenvalue weighted by atomic mass is 35.5. The van der Waals surface area contributed by atoms with Crippen LogP contribution in [-0.2, 0) is 14.3 Å². The number of esters is 2. The summed E-state index contributed by atoms with van der Waals surface area (Å²) in [5, 5.41) is 0. The minimum Gasteiger partial charge on any atom is -0.387 e. The maximum atomic E-state index is 11.9. The molecule has 0 aromatic carbocycles. The zero-order valence-electron chi connectivity index (χ0n) is 7.03. The van der Waals surface area contributed by atoms with Crippen LogP contribution in [0.25, 0.3) is 0 Å². The fourth-order valence-electron chi connectivity index (χ4n) is 0.220. The minimum atomic E-state index is -3.76. The molecule has 0 aliphatic carbocycles. The summed E-state index contributed by atoms with van der Waals surface area (Å²) < 4.78 is 48.4. The highest BCUT2D eigenvalue weighted by Gasteiger charge is 2.35. The molecule has 84 valence electrons. The topological polar surface area (TPSA) is 43.4 Å². The smallest absolute Gasteiger partial charge is 0.384 e. The van der Waals surface area contributed by atoms with E-state index in [2.05, 4.69) is 16.3 Å². The molecule has 0 unspecified atom stereocenters. The molecule has 0 radical (unpaired) electrons. The van der Waals surface area contributed by atoms with Gasteiger partial charge in [-0.15, -0.1) is 0 Å². The fraction of sp³-hybridized carbons (Fsp3) is 0.667. The monoisotopic (exact) mass is 238 g/mol. The van der Waals surface area contributed by atoms with Crippen LogP contribution in [-0.4, -0.2) is 30.7 Å². The summed E-state index contributed by atoms with van der Waals surface area (Å²) in [7, 11) is 0. The Balaban J connectivity index is 0. The number of carbonyl (C=O) groups is 2. The molecule has 0 aliphatic heterocycles. The average Bonchev–Trinajstić information content (AvgIpc) is 2.03. The van der Waals surface area contributed by atoms with Crippen molar-refractivity contribution in [2.24, 2.45) is 0 Å². The first-order valence-corrected chi connectivity index (χ1v) is 3.63. The summed E-state index contributed by atoms with van der Waals surface area (Å²) in [6.45, 7) is -1.34. The Morgan fingerprint density at radius 2 is 1.71 bits per heavy atom. The first-order valence-electron chi connectivity index (χ1n) is 3.10. The van der Waals surface area contributed by atoms with Gasteiger partial charge in [0.15, 0.2) is 12.8 Å². The Hall–Kier alpha value is -0.850. The van der Waals surface area contributed by atoms with E-state index in [4.69, 9.17) is 0 Å². The highest BCUT2D eigenvalue weighted by molar-refractivity contribution is 6.16. The zero-order chi connectivity index (χ0) is 11.8. The molecule has 0 atom stereocenters. The molecule has 0 spiro atoms. The summed E-state index contributed by atoms with van der Waals surface area (Å²) in [6.07, 6.45) is -0.778. The van der Waals surface area contributed by atoms with Crippen LogP contribution in [0.3, 0.4) is 0 Å². The van der Waals surface area contributed by atoms with Crippen molar-refractivity contribution < 1.29 is 31.9 Å². The lowest BCUT2D eigenvalue weighted by atomic mass is 10.4. The highest BCUT2D eigenvalue weighted by Crippen LogP contribution is 2.13. The van der Waals surface area contributed by atoms with Crippen molar-refractivity contribution in [2.45, 2.75) is 12.8 Å². The number of alkyl halides is 5. The van der Waals surface area contributed by atoms with Gasteiger partial charge in [0.25, 0.3) is 0 Å². The van der Waals surface area contributed by atoms with Gasteiger partial charge < -0.3 is 4.74 Å². The molecule has 0 aromatic heterocycles. The molecular formula is C6H7ClF4O3. The number of carbonyl (C=O) groups excluding carboxylic acids is 2. The van der Waals surface area contributed by atoms with Crippen LogP contribution in [0.15, 0.2) is 0 Å². The molecule has 0 saturated carbocycles. The zero-order valence-corrected chi connectivity index (χ0v) is 7.78. The fourth-order valence-corrected chi connectivity index (χ4v) is 0.220. The van der Waals surface area contributed by atoms with Crippen molar-refractivity contribution in [3.8, 4) is 0 Å². The second kappa shape index (κ2) is 7.54. The van der Waals surface area contributed by atoms with Gasteiger partial charge in [0, 0.05) is 6.92 Å². The second-order valence-corrected chi connectivity index (χ2v) is 2.09. The molecular weight excluding hydrogens is 232 g/mol. The van der Waals surface area contributed by atoms with E-state index in [1.54, 1.807) is 0 Å². The third-order valence-corrected chi connectivity index (χ3v) is 0.674. The number of hydrogen-bond acceptors (Lipinski definition) is 3. The quantitative estimate of drug-likeness (QED) is 0.319. The number of hydrogen-bond donors (Lipinski definition) is 0. The normalized spacial score (nSPS) is 9.86. The average molecular weight is 239 g/mol. The molecule has 0 aromatic rings. The van der Waals surface area contributed by atoms with Gasteiger partial charge >= 0.3 is 17.9 Å². The van der Waals surface area contributed by atoms with E-state index in [1.807, 2.05) is 0 Å². The van der Waals surface area contributed by atoms with Crippen LogP contribution in [0.2, 0.25) is 0 Å². The predicted octanol–water partition coefficient (Wildman–Crippen LogP) is 1.83. The van der Waals surface area contributed by atoms with Gasteiger partial charge in [0.2, 0.25) is 0 Å².